The van der Waals surface area contributed by atoms with Crippen LogP contribution in [0.4, 0.5) is 17.1 Å². The van der Waals surface area contributed by atoms with Gasteiger partial charge >= 0.3 is 8.55 Å². The first-order valence-corrected chi connectivity index (χ1v) is 41.2. The smallest absolute Gasteiger partial charge is 0.508 e. The maximum atomic E-state index is 14.1. The number of anilines is 3. The maximum absolute atomic E-state index is 14.1. The number of ketones is 6. The molecule has 0 spiro atoms. The van der Waals surface area contributed by atoms with E-state index in [-0.39, 0.29) is 69.5 Å². The highest BCUT2D eigenvalue weighted by Crippen LogP contribution is 2.59. The molecule has 5 aromatic carbocycles. The highest BCUT2D eigenvalue weighted by molar-refractivity contribution is 14.1. The first kappa shape index (κ1) is 107. The van der Waals surface area contributed by atoms with Crippen LogP contribution in [0.1, 0.15) is 60.8 Å². The minimum Gasteiger partial charge on any atom is -0.508 e. The van der Waals surface area contributed by atoms with Gasteiger partial charge in [0.15, 0.2) is 34.2 Å². The van der Waals surface area contributed by atoms with Crippen LogP contribution in [-0.2, 0) is 62.4 Å². The van der Waals surface area contributed by atoms with Crippen LogP contribution in [0.2, 0.25) is 0 Å². The third kappa shape index (κ3) is 18.2. The minimum absolute atomic E-state index is 0. The highest BCUT2D eigenvalue weighted by atomic mass is 127. The number of aromatic hydroxyl groups is 3. The molecule has 9 unspecified atom stereocenters. The number of aliphatic hydroxyl groups is 12. The van der Waals surface area contributed by atoms with Crippen molar-refractivity contribution in [2.75, 3.05) is 99.3 Å². The quantitative estimate of drug-likeness (QED) is 0.0338. The molecule has 23 N–H and O–H groups in total. The number of carbonyl (C=O) groups excluding carboxylic acids is 9. The van der Waals surface area contributed by atoms with Crippen molar-refractivity contribution < 1.29 is 131 Å². The number of aliphatic hydroxyl groups excluding tert-OH is 9. The van der Waals surface area contributed by atoms with Gasteiger partial charge in [-0.05, 0) is 169 Å². The van der Waals surface area contributed by atoms with Crippen LogP contribution in [-0.4, -0.2) is 335 Å². The number of carbonyl (C=O) groups is 9. The number of hydrogen-bond donors (Lipinski definition) is 20. The average Bonchev–Trinajstić information content (AvgIpc) is 0.700. The van der Waals surface area contributed by atoms with Gasteiger partial charge in [0.2, 0.25) is 17.3 Å². The lowest BCUT2D eigenvalue weighted by atomic mass is 8.97. The van der Waals surface area contributed by atoms with Crippen molar-refractivity contribution in [2.45, 2.75) is 101 Å². The predicted molar refractivity (Wildman–Crippen MR) is 509 cm³/mol. The van der Waals surface area contributed by atoms with Gasteiger partial charge in [0.1, 0.15) is 68.5 Å². The molecule has 132 heavy (non-hydrogen) atoms. The fraction of sp³-hybridized carbons (Fsp3) is 0.378. The first-order valence-electron chi connectivity index (χ1n) is 40.1. The summed E-state index contributed by atoms with van der Waals surface area (Å²) >= 11 is 1.88. The Bertz CT molecular complexity index is 5850. The van der Waals surface area contributed by atoms with Crippen molar-refractivity contribution in [1.29, 1.82) is 0 Å². The summed E-state index contributed by atoms with van der Waals surface area (Å²) in [6, 6.07) is 16.7. The number of halogens is 1. The monoisotopic (exact) mass is 1920 g/mol. The molecular weight excluding hydrogens is 1810 g/mol. The minimum atomic E-state index is -2.95. The van der Waals surface area contributed by atoms with E-state index in [4.69, 9.17) is 50.5 Å². The summed E-state index contributed by atoms with van der Waals surface area (Å²) in [5.41, 5.74) is 17.0. The summed E-state index contributed by atoms with van der Waals surface area (Å²) in [6.45, 7) is 10.3. The van der Waals surface area contributed by atoms with E-state index in [1.54, 1.807) is 87.3 Å². The summed E-state index contributed by atoms with van der Waals surface area (Å²) in [7, 11) is 33.8. The van der Waals surface area contributed by atoms with Crippen LogP contribution in [0.3, 0.4) is 0 Å². The number of aryl methyl sites for hydroxylation is 2. The van der Waals surface area contributed by atoms with Crippen LogP contribution >= 0.6 is 22.6 Å². The first-order chi connectivity index (χ1) is 60.5. The molecule has 0 saturated heterocycles. The zero-order chi connectivity index (χ0) is 98.0. The molecule has 9 aliphatic carbocycles. The number of likely N-dealkylation sites (N-methyl/N-ethyl adjacent to an activating group) is 3. The number of nitrogens with zero attached hydrogens (tertiary/aromatic N) is 6. The molecule has 3 saturated carbocycles. The molecular formula is C90H108B6IN9O26+. The Balaban J connectivity index is 0.000000275. The van der Waals surface area contributed by atoms with Crippen molar-refractivity contribution >= 4 is 159 Å². The fourth-order valence-corrected chi connectivity index (χ4v) is 19.4. The Morgan fingerprint density at radius 1 is 0.485 bits per heavy atom. The molecule has 15 atom stereocenters. The van der Waals surface area contributed by atoms with Gasteiger partial charge in [0, 0.05) is 136 Å². The van der Waals surface area contributed by atoms with Gasteiger partial charge in [-0.3, -0.25) is 57.9 Å². The molecule has 7 radical (unpaired) electrons. The molecule has 5 aromatic rings. The van der Waals surface area contributed by atoms with E-state index >= 15 is 0 Å². The van der Waals surface area contributed by atoms with Gasteiger partial charge in [-0.2, -0.15) is 0 Å². The Morgan fingerprint density at radius 2 is 0.780 bits per heavy atom. The van der Waals surface area contributed by atoms with Gasteiger partial charge in [-0.25, -0.2) is 0 Å². The van der Waals surface area contributed by atoms with Crippen molar-refractivity contribution in [3.63, 3.8) is 0 Å². The van der Waals surface area contributed by atoms with E-state index in [1.165, 1.54) is 70.1 Å². The SMILES string of the molecule is C.C.C=C=C=C=C.CN(C)c1cc(I)c(O)c2c1CC1C(=C2O)C(=O)[C@]2(O)C(O)=C(C(N)=O)C(=O)[C@@H](N(C)C)C2C1O.CN(C)c1ccc(O)c2c1CC1C(=C2O)C(=O)[C@]2(O)C(O)=C(C(N)=O)C(=O)[C@@H](N(C)C)C2C1O.Cc1ccc(-c2cc(N(C)C)c3c(c2O)C(O)=C2C(=O)[C@]4(O)C(O)=C(C(N)=O)C(=O)[C@@H](N(C)C)C4C(O)C2C3)cc1.Cc1ccc(B(O)O)cc1.[B][B]B([B])[B].[H+]. The van der Waals surface area contributed by atoms with E-state index in [2.05, 4.69) is 30.4 Å². The standard InChI is InChI=1S/C30H33N3O8.C23H26IN3O8.C23H27N3O8.C7H9BO2.C5H4.2CH4.B5/c1-12-6-8-13(9-7-12)14-11-17(32(2)3)15-10-16-19(25(36)18(15)23(14)34)27(38)30(41)21(24(16)35)22(33(4)5)26(37)20(28(30)39)29(31)40;1-26(2)10-6-9(24)17(29)11-7(10)5-8-12(18(11)30)20(32)23(35)14(16(8)28)15(27(3)4)19(31)13(21(23)33)22(25)34;1-25(2)10-5-6-11(27)12-8(10)7-9-13(18(12)29)20(31)23(34)15(17(9)28)16(26(3)4)19(30)14(21(23)32)22(24)33;1-6-2-4-7(5-3-6)8(9)10;1-3-5-4-2;;;1-4-5(2)3/h6-9,11,16,21-22,24,34-36,39,41H,10H2,1-5H3,(H2,31,40);6,8,14-16,28-30,33,35H,5H2,1-4H3,(H2,25,34);5-6,9,15-17,27-29,32,34H,7H2,1-4H3,(H2,24,33);2-5,9-10H,1H3;1-2H2;2*1H4;/p+1/t16?,21?,22-,24?,30-;8?,14?,15-,16?,23-;9?,15?,16-,17?,23-;;;;;/m000...../s1. The van der Waals surface area contributed by atoms with Crippen LogP contribution < -0.4 is 37.4 Å². The lowest BCUT2D eigenvalue weighted by molar-refractivity contribution is -0.169. The normalized spacial score (nSPS) is 25.6. The number of phenols is 3. The molecule has 0 aliphatic heterocycles. The predicted octanol–water partition coefficient (Wildman–Crippen LogP) is 0.00544. The summed E-state index contributed by atoms with van der Waals surface area (Å²) < 4.78 is 0.394. The summed E-state index contributed by atoms with van der Waals surface area (Å²) in [5.74, 6) is -25.0. The molecule has 0 heterocycles. The number of primary amides is 3. The summed E-state index contributed by atoms with van der Waals surface area (Å²) in [5, 5.41) is 186. The highest BCUT2D eigenvalue weighted by Gasteiger charge is 2.71. The Kier molecular flexibility index (Phi) is 33.2. The topological polar surface area (TPSA) is 595 Å². The lowest BCUT2D eigenvalue weighted by Crippen LogP contribution is -2.70. The van der Waals surface area contributed by atoms with Crippen molar-refractivity contribution in [1.82, 2.24) is 14.7 Å². The second kappa shape index (κ2) is 40.8. The number of Topliss-reactive ketones (excluding diaryl/α,β-unsaturated/α-hetero) is 6. The Labute approximate surface area is 783 Å². The maximum Gasteiger partial charge on any atom is 1.00 e. The van der Waals surface area contributed by atoms with E-state index < -0.39 is 223 Å². The van der Waals surface area contributed by atoms with E-state index in [9.17, 15) is 120 Å². The van der Waals surface area contributed by atoms with E-state index in [0.29, 0.717) is 53.9 Å². The number of benzene rings is 5. The van der Waals surface area contributed by atoms with Gasteiger partial charge in [0.05, 0.1) is 74.5 Å². The van der Waals surface area contributed by atoms with Gasteiger partial charge < -0.3 is 119 Å². The Morgan fingerprint density at radius 3 is 1.06 bits per heavy atom. The van der Waals surface area contributed by atoms with Crippen molar-refractivity contribution in [3.8, 4) is 28.4 Å². The van der Waals surface area contributed by atoms with Crippen molar-refractivity contribution in [2.24, 2.45) is 52.7 Å². The Hall–Kier alpha value is -11.7. The third-order valence-electron chi connectivity index (χ3n) is 24.8. The number of hydrogen-bond acceptors (Lipinski definition) is 32. The van der Waals surface area contributed by atoms with Crippen molar-refractivity contribution in [3.05, 3.63) is 202 Å². The van der Waals surface area contributed by atoms with Gasteiger partial charge in [-0.15, -0.1) is 0 Å². The average molecular weight is 1920 g/mol. The van der Waals surface area contributed by atoms with Gasteiger partial charge in [-0.1, -0.05) is 86.0 Å². The van der Waals surface area contributed by atoms with Gasteiger partial charge in [0.25, 0.3) is 17.7 Å². The van der Waals surface area contributed by atoms with Crippen LogP contribution in [0.25, 0.3) is 28.4 Å². The molecule has 0 bridgehead atoms. The largest absolute Gasteiger partial charge is 1.00 e. The van der Waals surface area contributed by atoms with Crippen LogP contribution in [0.5, 0.6) is 17.2 Å². The van der Waals surface area contributed by atoms with Crippen LogP contribution in [0, 0.1) is 52.9 Å². The second-order valence-corrected chi connectivity index (χ2v) is 35.1. The molecule has 693 valence electrons. The zero-order valence-electron chi connectivity index (χ0n) is 74.4. The second-order valence-electron chi connectivity index (χ2n) is 33.9. The zero-order valence-corrected chi connectivity index (χ0v) is 75.6. The van der Waals surface area contributed by atoms with E-state index in [1.807, 2.05) is 72.8 Å². The molecule has 3 amide bonds. The van der Waals surface area contributed by atoms with Crippen LogP contribution in [0.15, 0.2) is 154 Å². The molecule has 42 heteroatoms. The number of fused-ring (bicyclic) bond motifs is 9. The van der Waals surface area contributed by atoms with E-state index in [0.717, 1.165) is 11.1 Å². The lowest BCUT2D eigenvalue weighted by Gasteiger charge is -2.52. The molecule has 3 fully saturated rings. The fourth-order valence-electron chi connectivity index (χ4n) is 18.8. The summed E-state index contributed by atoms with van der Waals surface area (Å²) in [4.78, 5) is 127. The number of nitrogens with two attached hydrogens (primary N) is 3. The molecule has 0 aromatic heterocycles. The number of amides is 3. The summed E-state index contributed by atoms with van der Waals surface area (Å²) in [6.07, 6.45) is -5.35. The molecule has 14 rings (SSSR count). The third-order valence-corrected chi connectivity index (χ3v) is 25.6. The number of phenolic OH excluding ortho intramolecular Hbond substituents is 3. The molecule has 35 nitrogen and oxygen atoms in total. The number of rotatable bonds is 12. The molecule has 9 aliphatic rings.